The highest BCUT2D eigenvalue weighted by Gasteiger charge is 2.40. The fraction of sp³-hybridized carbons (Fsp3) is 0.733. The number of hydrogen-bond donors (Lipinski definition) is 2. The molecule has 5 nitrogen and oxygen atoms in total. The lowest BCUT2D eigenvalue weighted by Gasteiger charge is -2.32. The topological polar surface area (TPSA) is 69.6 Å². The van der Waals surface area contributed by atoms with Crippen molar-refractivity contribution in [2.75, 3.05) is 13.1 Å². The van der Waals surface area contributed by atoms with Gasteiger partial charge in [-0.3, -0.25) is 0 Å². The summed E-state index contributed by atoms with van der Waals surface area (Å²) in [5, 5.41) is 12.3. The molecular weight excluding hydrogens is 256 g/mol. The van der Waals surface area contributed by atoms with Crippen LogP contribution in [0.4, 0.5) is 4.79 Å². The normalized spacial score (nSPS) is 17.9. The van der Waals surface area contributed by atoms with Gasteiger partial charge in [0.25, 0.3) is 0 Å². The highest BCUT2D eigenvalue weighted by Crippen LogP contribution is 2.27. The van der Waals surface area contributed by atoms with E-state index >= 15 is 0 Å². The predicted molar refractivity (Wildman–Crippen MR) is 78.7 cm³/mol. The summed E-state index contributed by atoms with van der Waals surface area (Å²) in [6, 6.07) is -0.306. The number of aliphatic carboxylic acids is 1. The maximum atomic E-state index is 12.3. The lowest BCUT2D eigenvalue weighted by atomic mass is 9.90. The number of amides is 2. The number of urea groups is 1. The summed E-state index contributed by atoms with van der Waals surface area (Å²) in [7, 11) is 0. The first-order valence-corrected chi connectivity index (χ1v) is 7.36. The van der Waals surface area contributed by atoms with Gasteiger partial charge >= 0.3 is 12.0 Å². The Morgan fingerprint density at radius 3 is 2.20 bits per heavy atom. The van der Waals surface area contributed by atoms with Crippen molar-refractivity contribution in [1.82, 2.24) is 10.2 Å². The van der Waals surface area contributed by atoms with Crippen molar-refractivity contribution >= 4 is 12.0 Å². The van der Waals surface area contributed by atoms with Crippen LogP contribution >= 0.6 is 0 Å². The third-order valence-electron chi connectivity index (χ3n) is 3.84. The van der Waals surface area contributed by atoms with Crippen molar-refractivity contribution in [3.8, 4) is 0 Å². The van der Waals surface area contributed by atoms with Crippen molar-refractivity contribution in [3.05, 3.63) is 12.2 Å². The number of carboxylic acid groups (broad SMARTS) is 1. The summed E-state index contributed by atoms with van der Waals surface area (Å²) < 4.78 is 0. The van der Waals surface area contributed by atoms with Gasteiger partial charge in [-0.2, -0.15) is 0 Å². The van der Waals surface area contributed by atoms with Crippen LogP contribution in [0.15, 0.2) is 12.2 Å². The molecule has 0 heterocycles. The minimum absolute atomic E-state index is 0.306. The van der Waals surface area contributed by atoms with Crippen LogP contribution in [-0.2, 0) is 4.79 Å². The molecule has 1 fully saturated rings. The average molecular weight is 282 g/mol. The Morgan fingerprint density at radius 2 is 1.80 bits per heavy atom. The van der Waals surface area contributed by atoms with Gasteiger partial charge in [0.05, 0.1) is 0 Å². The summed E-state index contributed by atoms with van der Waals surface area (Å²) in [6.07, 6.45) is 4.79. The standard InChI is InChI=1S/C15H26N2O3/c1-4-17(11-12(2)3)14(20)16-15(13(18)19)9-7-5-6-8-10-15/h2,4-11H2,1,3H3,(H,16,20)(H,18,19). The van der Waals surface area contributed by atoms with Crippen LogP contribution in [0.1, 0.15) is 52.4 Å². The van der Waals surface area contributed by atoms with E-state index in [1.54, 1.807) is 4.90 Å². The first-order valence-electron chi connectivity index (χ1n) is 7.36. The molecule has 5 heteroatoms. The third-order valence-corrected chi connectivity index (χ3v) is 3.84. The van der Waals surface area contributed by atoms with E-state index in [4.69, 9.17) is 0 Å². The fourth-order valence-corrected chi connectivity index (χ4v) is 2.66. The summed E-state index contributed by atoms with van der Waals surface area (Å²) in [4.78, 5) is 25.6. The van der Waals surface area contributed by atoms with Crippen molar-refractivity contribution in [2.45, 2.75) is 57.9 Å². The third kappa shape index (κ3) is 4.25. The second-order valence-electron chi connectivity index (χ2n) is 5.70. The molecule has 0 bridgehead atoms. The number of nitrogens with zero attached hydrogens (tertiary/aromatic N) is 1. The molecule has 20 heavy (non-hydrogen) atoms. The molecule has 1 rings (SSSR count). The Kier molecular flexibility index (Phi) is 6.05. The van der Waals surface area contributed by atoms with Gasteiger partial charge in [0.2, 0.25) is 0 Å². The van der Waals surface area contributed by atoms with Crippen molar-refractivity contribution in [2.24, 2.45) is 0 Å². The van der Waals surface area contributed by atoms with E-state index in [1.807, 2.05) is 13.8 Å². The summed E-state index contributed by atoms with van der Waals surface area (Å²) >= 11 is 0. The largest absolute Gasteiger partial charge is 0.480 e. The maximum absolute atomic E-state index is 12.3. The zero-order valence-electron chi connectivity index (χ0n) is 12.6. The Labute approximate surface area is 121 Å². The molecule has 0 aromatic rings. The van der Waals surface area contributed by atoms with E-state index in [1.165, 1.54) is 0 Å². The molecule has 1 aliphatic carbocycles. The predicted octanol–water partition coefficient (Wildman–Crippen LogP) is 2.77. The van der Waals surface area contributed by atoms with E-state index < -0.39 is 11.5 Å². The minimum Gasteiger partial charge on any atom is -0.480 e. The first kappa shape index (κ1) is 16.5. The van der Waals surface area contributed by atoms with Gasteiger partial charge in [-0.15, -0.1) is 0 Å². The molecule has 2 amide bonds. The molecule has 0 saturated heterocycles. The number of carbonyl (C=O) groups is 2. The van der Waals surface area contributed by atoms with Gasteiger partial charge in [-0.1, -0.05) is 37.8 Å². The zero-order valence-corrected chi connectivity index (χ0v) is 12.6. The quantitative estimate of drug-likeness (QED) is 0.601. The fourth-order valence-electron chi connectivity index (χ4n) is 2.66. The van der Waals surface area contributed by atoms with E-state index in [0.717, 1.165) is 31.3 Å². The molecular formula is C15H26N2O3. The van der Waals surface area contributed by atoms with Gasteiger partial charge in [0.15, 0.2) is 0 Å². The highest BCUT2D eigenvalue weighted by molar-refractivity contribution is 5.86. The molecule has 0 radical (unpaired) electrons. The molecule has 0 aliphatic heterocycles. The lowest BCUT2D eigenvalue weighted by molar-refractivity contribution is -0.145. The monoisotopic (exact) mass is 282 g/mol. The average Bonchev–Trinajstić information content (AvgIpc) is 2.62. The molecule has 0 spiro atoms. The molecule has 0 unspecified atom stereocenters. The summed E-state index contributed by atoms with van der Waals surface area (Å²) in [5.41, 5.74) is -0.219. The Morgan fingerprint density at radius 1 is 1.25 bits per heavy atom. The zero-order chi connectivity index (χ0) is 15.2. The van der Waals surface area contributed by atoms with Gasteiger partial charge in [-0.25, -0.2) is 9.59 Å². The van der Waals surface area contributed by atoms with E-state index in [-0.39, 0.29) is 6.03 Å². The van der Waals surface area contributed by atoms with Crippen molar-refractivity contribution < 1.29 is 14.7 Å². The Hall–Kier alpha value is -1.52. The maximum Gasteiger partial charge on any atom is 0.329 e. The van der Waals surface area contributed by atoms with Crippen molar-refractivity contribution in [3.63, 3.8) is 0 Å². The molecule has 114 valence electrons. The second kappa shape index (κ2) is 7.31. The van der Waals surface area contributed by atoms with Crippen molar-refractivity contribution in [1.29, 1.82) is 0 Å². The summed E-state index contributed by atoms with van der Waals surface area (Å²) in [5.74, 6) is -0.917. The van der Waals surface area contributed by atoms with Crippen LogP contribution in [0.5, 0.6) is 0 Å². The molecule has 1 aliphatic rings. The number of carboxylic acids is 1. The number of hydrogen-bond acceptors (Lipinski definition) is 2. The Bertz CT molecular complexity index is 371. The van der Waals surface area contributed by atoms with Crippen LogP contribution < -0.4 is 5.32 Å². The number of rotatable bonds is 5. The number of likely N-dealkylation sites (N-methyl/N-ethyl adjacent to an activating group) is 1. The number of carbonyl (C=O) groups excluding carboxylic acids is 1. The van der Waals surface area contributed by atoms with Crippen LogP contribution in [0, 0.1) is 0 Å². The highest BCUT2D eigenvalue weighted by atomic mass is 16.4. The number of nitrogens with one attached hydrogen (secondary N) is 1. The summed E-state index contributed by atoms with van der Waals surface area (Å²) in [6.45, 7) is 8.53. The molecule has 2 N–H and O–H groups in total. The van der Waals surface area contributed by atoms with E-state index in [0.29, 0.717) is 25.9 Å². The van der Waals surface area contributed by atoms with E-state index in [2.05, 4.69) is 11.9 Å². The molecule has 0 aromatic carbocycles. The molecule has 1 saturated carbocycles. The minimum atomic E-state index is -1.10. The lowest BCUT2D eigenvalue weighted by Crippen LogP contribution is -2.57. The van der Waals surface area contributed by atoms with Crippen LogP contribution in [-0.4, -0.2) is 40.6 Å². The van der Waals surface area contributed by atoms with Gasteiger partial charge in [0, 0.05) is 13.1 Å². The first-order chi connectivity index (χ1) is 9.41. The van der Waals surface area contributed by atoms with Gasteiger partial charge < -0.3 is 15.3 Å². The Balaban J connectivity index is 2.80. The SMILES string of the molecule is C=C(C)CN(CC)C(=O)NC1(C(=O)O)CCCCCC1. The molecule has 0 aromatic heterocycles. The smallest absolute Gasteiger partial charge is 0.329 e. The van der Waals surface area contributed by atoms with E-state index in [9.17, 15) is 14.7 Å². The van der Waals surface area contributed by atoms with Gasteiger partial charge in [0.1, 0.15) is 5.54 Å². The van der Waals surface area contributed by atoms with Crippen LogP contribution in [0.2, 0.25) is 0 Å². The van der Waals surface area contributed by atoms with Crippen LogP contribution in [0.3, 0.4) is 0 Å². The van der Waals surface area contributed by atoms with Gasteiger partial charge in [-0.05, 0) is 26.7 Å². The second-order valence-corrected chi connectivity index (χ2v) is 5.70. The molecule has 0 atom stereocenters. The van der Waals surface area contributed by atoms with Crippen LogP contribution in [0.25, 0.3) is 0 Å².